The zero-order chi connectivity index (χ0) is 19.7. The van der Waals surface area contributed by atoms with E-state index in [0.717, 1.165) is 22.9 Å². The summed E-state index contributed by atoms with van der Waals surface area (Å²) in [5, 5.41) is 1.57. The Morgan fingerprint density at radius 1 is 1.04 bits per heavy atom. The summed E-state index contributed by atoms with van der Waals surface area (Å²) < 4.78 is 28.8. The zero-order valence-corrected chi connectivity index (χ0v) is 16.5. The molecule has 0 unspecified atom stereocenters. The van der Waals surface area contributed by atoms with Crippen LogP contribution in [0, 0.1) is 0 Å². The van der Waals surface area contributed by atoms with Gasteiger partial charge in [-0.15, -0.1) is 0 Å². The molecule has 0 atom stereocenters. The van der Waals surface area contributed by atoms with Crippen LogP contribution in [0.4, 0.5) is 5.69 Å². The number of hydrogen-bond donors (Lipinski definition) is 1. The van der Waals surface area contributed by atoms with Crippen LogP contribution in [0.1, 0.15) is 24.5 Å². The second-order valence-corrected chi connectivity index (χ2v) is 8.64. The molecule has 1 heterocycles. The molecule has 0 bridgehead atoms. The molecule has 144 valence electrons. The number of carbonyl (C=O) groups excluding carboxylic acids is 1. The Bertz CT molecular complexity index is 1150. The number of rotatable bonds is 4. The summed E-state index contributed by atoms with van der Waals surface area (Å²) >= 11 is 0. The molecular weight excluding hydrogens is 372 g/mol. The molecule has 1 N–H and O–H groups in total. The van der Waals surface area contributed by atoms with Gasteiger partial charge in [-0.25, -0.2) is 8.42 Å². The van der Waals surface area contributed by atoms with Crippen molar-refractivity contribution in [3.63, 3.8) is 0 Å². The molecule has 0 saturated heterocycles. The Balaban J connectivity index is 1.65. The van der Waals surface area contributed by atoms with Gasteiger partial charge >= 0.3 is 0 Å². The summed E-state index contributed by atoms with van der Waals surface area (Å²) in [7, 11) is -3.73. The highest BCUT2D eigenvalue weighted by atomic mass is 32.2. The molecule has 3 aromatic carbocycles. The van der Waals surface area contributed by atoms with Crippen LogP contribution in [0.3, 0.4) is 0 Å². The monoisotopic (exact) mass is 394 g/mol. The Hall–Kier alpha value is -2.86. The van der Waals surface area contributed by atoms with Crippen LogP contribution in [0.25, 0.3) is 10.8 Å². The average Bonchev–Trinajstić information content (AvgIpc) is 2.72. The number of hydrogen-bond acceptors (Lipinski definition) is 3. The number of fused-ring (bicyclic) bond motifs is 2. The summed E-state index contributed by atoms with van der Waals surface area (Å²) in [6.07, 6.45) is 1.26. The van der Waals surface area contributed by atoms with Gasteiger partial charge in [0.15, 0.2) is 0 Å². The highest BCUT2D eigenvalue weighted by Gasteiger charge is 2.21. The Morgan fingerprint density at radius 2 is 1.82 bits per heavy atom. The lowest BCUT2D eigenvalue weighted by Gasteiger charge is -2.29. The molecule has 1 amide bonds. The minimum absolute atomic E-state index is 0.118. The average molecular weight is 394 g/mol. The van der Waals surface area contributed by atoms with Crippen molar-refractivity contribution in [3.8, 4) is 0 Å². The maximum absolute atomic E-state index is 13.0. The molecule has 0 fully saturated rings. The molecule has 1 aliphatic heterocycles. The first-order valence-electron chi connectivity index (χ1n) is 9.38. The van der Waals surface area contributed by atoms with E-state index >= 15 is 0 Å². The molecule has 0 aliphatic carbocycles. The van der Waals surface area contributed by atoms with E-state index in [1.165, 1.54) is 0 Å². The van der Waals surface area contributed by atoms with Crippen molar-refractivity contribution in [2.75, 3.05) is 11.3 Å². The van der Waals surface area contributed by atoms with Crippen LogP contribution in [0.2, 0.25) is 0 Å². The van der Waals surface area contributed by atoms with Gasteiger partial charge in [-0.3, -0.25) is 9.52 Å². The van der Waals surface area contributed by atoms with Crippen LogP contribution >= 0.6 is 0 Å². The predicted molar refractivity (Wildman–Crippen MR) is 111 cm³/mol. The summed E-state index contributed by atoms with van der Waals surface area (Å²) in [6, 6.07) is 18.3. The van der Waals surface area contributed by atoms with Crippen LogP contribution in [0.15, 0.2) is 65.6 Å². The summed E-state index contributed by atoms with van der Waals surface area (Å²) in [5.41, 5.74) is 2.66. The smallest absolute Gasteiger partial charge is 0.262 e. The van der Waals surface area contributed by atoms with Gasteiger partial charge in [-0.2, -0.15) is 0 Å². The maximum Gasteiger partial charge on any atom is 0.262 e. The third-order valence-electron chi connectivity index (χ3n) is 5.17. The molecule has 0 radical (unpaired) electrons. The number of amides is 1. The highest BCUT2D eigenvalue weighted by Crippen LogP contribution is 2.27. The van der Waals surface area contributed by atoms with Crippen LogP contribution in [-0.2, 0) is 27.8 Å². The minimum Gasteiger partial charge on any atom is -0.338 e. The van der Waals surface area contributed by atoms with Gasteiger partial charge in [0.25, 0.3) is 10.0 Å². The molecule has 0 aromatic heterocycles. The maximum atomic E-state index is 13.0. The second kappa shape index (κ2) is 7.28. The summed E-state index contributed by atoms with van der Waals surface area (Å²) in [5.74, 6) is 0.118. The van der Waals surface area contributed by atoms with E-state index < -0.39 is 10.0 Å². The summed E-state index contributed by atoms with van der Waals surface area (Å²) in [6.45, 7) is 3.08. The Labute approximate surface area is 165 Å². The van der Waals surface area contributed by atoms with Crippen molar-refractivity contribution < 1.29 is 13.2 Å². The molecular formula is C22H22N2O3S. The van der Waals surface area contributed by atoms with Crippen molar-refractivity contribution in [3.05, 3.63) is 71.8 Å². The van der Waals surface area contributed by atoms with E-state index in [2.05, 4.69) is 4.72 Å². The van der Waals surface area contributed by atoms with Gasteiger partial charge in [-0.05, 0) is 41.1 Å². The molecule has 0 spiro atoms. The lowest BCUT2D eigenvalue weighted by atomic mass is 9.99. The van der Waals surface area contributed by atoms with E-state index in [0.29, 0.717) is 30.6 Å². The fourth-order valence-corrected chi connectivity index (χ4v) is 4.98. The van der Waals surface area contributed by atoms with E-state index in [1.54, 1.807) is 18.2 Å². The first-order valence-corrected chi connectivity index (χ1v) is 10.9. The molecule has 0 saturated carbocycles. The molecule has 3 aromatic rings. The largest absolute Gasteiger partial charge is 0.338 e. The number of sulfonamides is 1. The number of anilines is 1. The predicted octanol–water partition coefficient (Wildman–Crippen LogP) is 3.94. The quantitative estimate of drug-likeness (QED) is 0.729. The van der Waals surface area contributed by atoms with Crippen LogP contribution < -0.4 is 4.72 Å². The van der Waals surface area contributed by atoms with Crippen molar-refractivity contribution >= 4 is 32.4 Å². The normalized spacial score (nSPS) is 14.0. The third kappa shape index (κ3) is 3.47. The molecule has 4 rings (SSSR count). The van der Waals surface area contributed by atoms with E-state index in [-0.39, 0.29) is 10.8 Å². The fraction of sp³-hybridized carbons (Fsp3) is 0.227. The number of nitrogens with zero attached hydrogens (tertiary/aromatic N) is 1. The Kier molecular flexibility index (Phi) is 4.81. The van der Waals surface area contributed by atoms with Crippen LogP contribution in [-0.4, -0.2) is 25.8 Å². The van der Waals surface area contributed by atoms with Crippen molar-refractivity contribution in [1.29, 1.82) is 0 Å². The Morgan fingerprint density at radius 3 is 2.64 bits per heavy atom. The number of benzene rings is 3. The lowest BCUT2D eigenvalue weighted by Crippen LogP contribution is -2.35. The van der Waals surface area contributed by atoms with Gasteiger partial charge in [-0.1, -0.05) is 49.4 Å². The molecule has 1 aliphatic rings. The number of carbonyl (C=O) groups is 1. The SMILES string of the molecule is CCC(=O)N1CCc2ccc(NS(=O)(=O)c3cccc4ccccc34)cc2C1. The zero-order valence-electron chi connectivity index (χ0n) is 15.7. The van der Waals surface area contributed by atoms with Gasteiger partial charge < -0.3 is 4.90 Å². The van der Waals surface area contributed by atoms with Crippen LogP contribution in [0.5, 0.6) is 0 Å². The molecule has 6 heteroatoms. The molecule has 28 heavy (non-hydrogen) atoms. The van der Waals surface area contributed by atoms with Gasteiger partial charge in [0.1, 0.15) is 0 Å². The summed E-state index contributed by atoms with van der Waals surface area (Å²) in [4.78, 5) is 14.1. The van der Waals surface area contributed by atoms with Crippen molar-refractivity contribution in [2.45, 2.75) is 31.2 Å². The topological polar surface area (TPSA) is 66.5 Å². The van der Waals surface area contributed by atoms with Crippen molar-refractivity contribution in [1.82, 2.24) is 4.90 Å². The third-order valence-corrected chi connectivity index (χ3v) is 6.60. The van der Waals surface area contributed by atoms with Gasteiger partial charge in [0.2, 0.25) is 5.91 Å². The van der Waals surface area contributed by atoms with Gasteiger partial charge in [0.05, 0.1) is 4.90 Å². The van der Waals surface area contributed by atoms with E-state index in [9.17, 15) is 13.2 Å². The first kappa shape index (κ1) is 18.5. The van der Waals surface area contributed by atoms with E-state index in [1.807, 2.05) is 54.3 Å². The minimum atomic E-state index is -3.73. The second-order valence-electron chi connectivity index (χ2n) is 6.99. The standard InChI is InChI=1S/C22H22N2O3S/c1-2-22(25)24-13-12-16-10-11-19(14-18(16)15-24)23-28(26,27)21-9-5-7-17-6-3-4-8-20(17)21/h3-11,14,23H,2,12-13,15H2,1H3. The van der Waals surface area contributed by atoms with Crippen molar-refractivity contribution in [2.24, 2.45) is 0 Å². The first-order chi connectivity index (χ1) is 13.5. The highest BCUT2D eigenvalue weighted by molar-refractivity contribution is 7.93. The van der Waals surface area contributed by atoms with E-state index in [4.69, 9.17) is 0 Å². The fourth-order valence-electron chi connectivity index (χ4n) is 3.70. The lowest BCUT2D eigenvalue weighted by molar-refractivity contribution is -0.131. The van der Waals surface area contributed by atoms with Gasteiger partial charge in [0, 0.05) is 30.6 Å². The number of nitrogens with one attached hydrogen (secondary N) is 1. The molecule has 5 nitrogen and oxygen atoms in total.